The molecule has 0 saturated heterocycles. The van der Waals surface area contributed by atoms with Gasteiger partial charge < -0.3 is 24.5 Å². The fraction of sp³-hybridized carbons (Fsp3) is 0.0909. The molecule has 3 aromatic rings. The zero-order chi connectivity index (χ0) is 21.5. The number of halogens is 1. The largest absolute Gasteiger partial charge is 0.496 e. The molecule has 0 aliphatic carbocycles. The highest BCUT2D eigenvalue weighted by molar-refractivity contribution is 9.10. The van der Waals surface area contributed by atoms with E-state index in [1.54, 1.807) is 49.6 Å². The van der Waals surface area contributed by atoms with E-state index < -0.39 is 5.91 Å². The van der Waals surface area contributed by atoms with Gasteiger partial charge in [0.05, 0.1) is 26.2 Å². The van der Waals surface area contributed by atoms with Crippen LogP contribution in [-0.2, 0) is 4.79 Å². The van der Waals surface area contributed by atoms with E-state index in [1.807, 2.05) is 12.1 Å². The van der Waals surface area contributed by atoms with Crippen molar-refractivity contribution in [1.82, 2.24) is 0 Å². The normalized spacial score (nSPS) is 10.6. The molecule has 0 aliphatic rings. The highest BCUT2D eigenvalue weighted by Gasteiger charge is 2.12. The molecule has 0 spiro atoms. The van der Waals surface area contributed by atoms with Gasteiger partial charge in [0.1, 0.15) is 11.5 Å². The molecule has 0 radical (unpaired) electrons. The molecule has 0 saturated carbocycles. The lowest BCUT2D eigenvalue weighted by molar-refractivity contribution is -0.111. The minimum atomic E-state index is -0.399. The molecule has 30 heavy (non-hydrogen) atoms. The van der Waals surface area contributed by atoms with Gasteiger partial charge in [-0.1, -0.05) is 15.9 Å². The van der Waals surface area contributed by atoms with Gasteiger partial charge >= 0.3 is 0 Å². The Bertz CT molecular complexity index is 1080. The number of rotatable bonds is 7. The first kappa shape index (κ1) is 21.2. The molecule has 7 nitrogen and oxygen atoms in total. The number of hydrogen-bond donors (Lipinski definition) is 2. The SMILES string of the molecule is COc1ccc(Br)cc1/C=C/C(=O)Nc1cc(NC(=O)c2ccco2)ccc1OC. The maximum Gasteiger partial charge on any atom is 0.291 e. The third-order valence-electron chi connectivity index (χ3n) is 4.07. The Morgan fingerprint density at radius 3 is 2.47 bits per heavy atom. The van der Waals surface area contributed by atoms with Crippen LogP contribution in [0.25, 0.3) is 6.08 Å². The van der Waals surface area contributed by atoms with Gasteiger partial charge in [-0.05, 0) is 54.6 Å². The van der Waals surface area contributed by atoms with Gasteiger partial charge in [-0.15, -0.1) is 0 Å². The van der Waals surface area contributed by atoms with Crippen molar-refractivity contribution in [2.45, 2.75) is 0 Å². The lowest BCUT2D eigenvalue weighted by Crippen LogP contribution is -2.12. The zero-order valence-electron chi connectivity index (χ0n) is 16.3. The smallest absolute Gasteiger partial charge is 0.291 e. The van der Waals surface area contributed by atoms with Crippen molar-refractivity contribution >= 4 is 45.2 Å². The van der Waals surface area contributed by atoms with Crippen LogP contribution in [-0.4, -0.2) is 26.0 Å². The van der Waals surface area contributed by atoms with Crippen molar-refractivity contribution in [2.75, 3.05) is 24.9 Å². The standard InChI is InChI=1S/C22H19BrN2O5/c1-28-18-8-6-15(23)12-14(18)5-10-21(26)25-17-13-16(7-9-19(17)29-2)24-22(27)20-4-3-11-30-20/h3-13H,1-2H3,(H,24,27)(H,25,26)/b10-5+. The van der Waals surface area contributed by atoms with Crippen molar-refractivity contribution in [3.63, 3.8) is 0 Å². The third-order valence-corrected chi connectivity index (χ3v) is 4.56. The number of amides is 2. The Morgan fingerprint density at radius 1 is 1.00 bits per heavy atom. The Hall–Kier alpha value is -3.52. The summed E-state index contributed by atoms with van der Waals surface area (Å²) in [6.45, 7) is 0. The Labute approximate surface area is 181 Å². The zero-order valence-corrected chi connectivity index (χ0v) is 17.9. The van der Waals surface area contributed by atoms with Crippen LogP contribution in [0, 0.1) is 0 Å². The average molecular weight is 471 g/mol. The van der Waals surface area contributed by atoms with Crippen LogP contribution >= 0.6 is 15.9 Å². The van der Waals surface area contributed by atoms with Crippen LogP contribution in [0.2, 0.25) is 0 Å². The number of methoxy groups -OCH3 is 2. The fourth-order valence-electron chi connectivity index (χ4n) is 2.66. The van der Waals surface area contributed by atoms with Crippen molar-refractivity contribution in [3.05, 3.63) is 76.7 Å². The van der Waals surface area contributed by atoms with E-state index in [0.29, 0.717) is 22.9 Å². The van der Waals surface area contributed by atoms with Gasteiger partial charge in [-0.3, -0.25) is 9.59 Å². The van der Waals surface area contributed by atoms with Crippen LogP contribution in [0.15, 0.2) is 69.8 Å². The van der Waals surface area contributed by atoms with Crippen molar-refractivity contribution < 1.29 is 23.5 Å². The highest BCUT2D eigenvalue weighted by atomic mass is 79.9. The van der Waals surface area contributed by atoms with E-state index in [0.717, 1.165) is 10.0 Å². The van der Waals surface area contributed by atoms with Crippen molar-refractivity contribution in [2.24, 2.45) is 0 Å². The molecule has 8 heteroatoms. The number of benzene rings is 2. The van der Waals surface area contributed by atoms with E-state index in [1.165, 1.54) is 19.4 Å². The van der Waals surface area contributed by atoms with Gasteiger partial charge in [-0.25, -0.2) is 0 Å². The van der Waals surface area contributed by atoms with E-state index in [4.69, 9.17) is 13.9 Å². The van der Waals surface area contributed by atoms with E-state index in [9.17, 15) is 9.59 Å². The number of nitrogens with one attached hydrogen (secondary N) is 2. The monoisotopic (exact) mass is 470 g/mol. The summed E-state index contributed by atoms with van der Waals surface area (Å²) >= 11 is 3.40. The second kappa shape index (κ2) is 9.80. The van der Waals surface area contributed by atoms with Gasteiger partial charge in [-0.2, -0.15) is 0 Å². The molecule has 0 bridgehead atoms. The lowest BCUT2D eigenvalue weighted by Gasteiger charge is -2.12. The first-order chi connectivity index (χ1) is 14.5. The molecule has 0 unspecified atom stereocenters. The van der Waals surface area contributed by atoms with E-state index >= 15 is 0 Å². The summed E-state index contributed by atoms with van der Waals surface area (Å²) in [5.74, 6) is 0.506. The molecule has 0 aliphatic heterocycles. The number of carbonyl (C=O) groups excluding carboxylic acids is 2. The molecular weight excluding hydrogens is 452 g/mol. The average Bonchev–Trinajstić information content (AvgIpc) is 3.28. The van der Waals surface area contributed by atoms with E-state index in [2.05, 4.69) is 26.6 Å². The van der Waals surface area contributed by atoms with Crippen molar-refractivity contribution in [3.8, 4) is 11.5 Å². The second-order valence-corrected chi connectivity index (χ2v) is 6.97. The Kier molecular flexibility index (Phi) is 6.92. The third kappa shape index (κ3) is 5.30. The van der Waals surface area contributed by atoms with Crippen molar-refractivity contribution in [1.29, 1.82) is 0 Å². The minimum absolute atomic E-state index is 0.183. The van der Waals surface area contributed by atoms with Gasteiger partial charge in [0.2, 0.25) is 5.91 Å². The molecule has 2 aromatic carbocycles. The summed E-state index contributed by atoms with van der Waals surface area (Å²) < 4.78 is 16.5. The van der Waals surface area contributed by atoms with Gasteiger partial charge in [0, 0.05) is 21.8 Å². The number of ether oxygens (including phenoxy) is 2. The van der Waals surface area contributed by atoms with E-state index in [-0.39, 0.29) is 11.7 Å². The molecule has 1 aromatic heterocycles. The first-order valence-electron chi connectivity index (χ1n) is 8.85. The minimum Gasteiger partial charge on any atom is -0.496 e. The number of hydrogen-bond acceptors (Lipinski definition) is 5. The molecule has 2 amide bonds. The summed E-state index contributed by atoms with van der Waals surface area (Å²) in [4.78, 5) is 24.6. The molecule has 0 fully saturated rings. The molecular formula is C22H19BrN2O5. The summed E-state index contributed by atoms with van der Waals surface area (Å²) in [6.07, 6.45) is 4.45. The molecule has 154 valence electrons. The van der Waals surface area contributed by atoms with Gasteiger partial charge in [0.15, 0.2) is 5.76 Å². The molecule has 3 rings (SSSR count). The first-order valence-corrected chi connectivity index (χ1v) is 9.65. The maximum absolute atomic E-state index is 12.5. The van der Waals surface area contributed by atoms with Crippen LogP contribution in [0.3, 0.4) is 0 Å². The number of carbonyl (C=O) groups is 2. The quantitative estimate of drug-likeness (QED) is 0.476. The Balaban J connectivity index is 1.75. The summed E-state index contributed by atoms with van der Waals surface area (Å²) in [5.41, 5.74) is 1.63. The summed E-state index contributed by atoms with van der Waals surface area (Å²) in [5, 5.41) is 5.46. The molecule has 2 N–H and O–H groups in total. The predicted octanol–water partition coefficient (Wildman–Crippen LogP) is 4.96. The second-order valence-electron chi connectivity index (χ2n) is 6.06. The summed E-state index contributed by atoms with van der Waals surface area (Å²) in [6, 6.07) is 13.6. The topological polar surface area (TPSA) is 89.8 Å². The number of anilines is 2. The molecule has 1 heterocycles. The van der Waals surface area contributed by atoms with Crippen LogP contribution in [0.1, 0.15) is 16.1 Å². The fourth-order valence-corrected chi connectivity index (χ4v) is 3.04. The van der Waals surface area contributed by atoms with Gasteiger partial charge in [0.25, 0.3) is 5.91 Å². The van der Waals surface area contributed by atoms with Crippen LogP contribution in [0.4, 0.5) is 11.4 Å². The summed E-state index contributed by atoms with van der Waals surface area (Å²) in [7, 11) is 3.06. The highest BCUT2D eigenvalue weighted by Crippen LogP contribution is 2.29. The Morgan fingerprint density at radius 2 is 1.77 bits per heavy atom. The maximum atomic E-state index is 12.5. The molecule has 0 atom stereocenters. The predicted molar refractivity (Wildman–Crippen MR) is 118 cm³/mol. The lowest BCUT2D eigenvalue weighted by atomic mass is 10.2. The van der Waals surface area contributed by atoms with Crippen LogP contribution in [0.5, 0.6) is 11.5 Å². The number of furan rings is 1. The van der Waals surface area contributed by atoms with Crippen LogP contribution < -0.4 is 20.1 Å².